The molecule has 152 valence electrons. The number of benzene rings is 1. The van der Waals surface area contributed by atoms with Crippen molar-refractivity contribution in [3.05, 3.63) is 65.6 Å². The van der Waals surface area contributed by atoms with Crippen molar-refractivity contribution in [2.75, 3.05) is 19.8 Å². The van der Waals surface area contributed by atoms with Crippen LogP contribution in [0.25, 0.3) is 0 Å². The van der Waals surface area contributed by atoms with Gasteiger partial charge in [-0.3, -0.25) is 0 Å². The topological polar surface area (TPSA) is 114 Å². The van der Waals surface area contributed by atoms with Crippen LogP contribution in [0.5, 0.6) is 5.75 Å². The zero-order chi connectivity index (χ0) is 20.6. The summed E-state index contributed by atoms with van der Waals surface area (Å²) in [4.78, 5) is 4.13. The number of aliphatic hydroxyl groups excluding tert-OH is 3. The molecule has 29 heavy (non-hydrogen) atoms. The molecule has 2 heterocycles. The van der Waals surface area contributed by atoms with Gasteiger partial charge in [-0.25, -0.2) is 4.98 Å². The Labute approximate surface area is 168 Å². The lowest BCUT2D eigenvalue weighted by molar-refractivity contribution is 0.106. The van der Waals surface area contributed by atoms with E-state index < -0.39 is 6.10 Å². The van der Waals surface area contributed by atoms with Crippen LogP contribution in [-0.2, 0) is 6.54 Å². The predicted molar refractivity (Wildman–Crippen MR) is 104 cm³/mol. The molecule has 3 rings (SSSR count). The van der Waals surface area contributed by atoms with Crippen molar-refractivity contribution in [1.29, 1.82) is 0 Å². The standard InChI is InChI=1S/C21H23N3O5/c1-15(27)21-22-8-9-24(21)11-18-10-20(29-23-18)7-4-16-2-5-19(6-3-16)28-14-17(12-25)13-26/h2-3,5-6,8-10,15,17,25-27H,11-14H2,1H3. The lowest BCUT2D eigenvalue weighted by Gasteiger charge is -2.12. The molecule has 1 unspecified atom stereocenters. The molecule has 8 nitrogen and oxygen atoms in total. The molecule has 0 amide bonds. The van der Waals surface area contributed by atoms with Gasteiger partial charge in [0.1, 0.15) is 23.4 Å². The van der Waals surface area contributed by atoms with Crippen molar-refractivity contribution < 1.29 is 24.6 Å². The summed E-state index contributed by atoms with van der Waals surface area (Å²) in [5.41, 5.74) is 1.46. The third-order valence-electron chi connectivity index (χ3n) is 4.20. The SMILES string of the molecule is CC(O)c1nccn1Cc1cc(C#Cc2ccc(OCC(CO)CO)cc2)on1. The minimum Gasteiger partial charge on any atom is -0.493 e. The van der Waals surface area contributed by atoms with Crippen molar-refractivity contribution in [3.8, 4) is 17.6 Å². The highest BCUT2D eigenvalue weighted by Gasteiger charge is 2.11. The number of nitrogens with zero attached hydrogens (tertiary/aromatic N) is 3. The first kappa shape index (κ1) is 20.6. The molecule has 0 saturated carbocycles. The van der Waals surface area contributed by atoms with E-state index in [1.807, 2.05) is 12.1 Å². The van der Waals surface area contributed by atoms with Gasteiger partial charge in [0.15, 0.2) is 0 Å². The van der Waals surface area contributed by atoms with E-state index in [0.717, 1.165) is 5.56 Å². The van der Waals surface area contributed by atoms with Crippen LogP contribution < -0.4 is 4.74 Å². The molecule has 3 N–H and O–H groups in total. The van der Waals surface area contributed by atoms with Crippen LogP contribution in [0, 0.1) is 17.8 Å². The van der Waals surface area contributed by atoms with E-state index in [-0.39, 0.29) is 25.7 Å². The number of rotatable bonds is 8. The van der Waals surface area contributed by atoms with Gasteiger partial charge in [-0.2, -0.15) is 0 Å². The Balaban J connectivity index is 1.60. The maximum absolute atomic E-state index is 9.71. The molecule has 0 spiro atoms. The summed E-state index contributed by atoms with van der Waals surface area (Å²) in [6.07, 6.45) is 2.74. The minimum absolute atomic E-state index is 0.125. The van der Waals surface area contributed by atoms with Crippen LogP contribution in [0.4, 0.5) is 0 Å². The summed E-state index contributed by atoms with van der Waals surface area (Å²) in [6, 6.07) is 8.93. The van der Waals surface area contributed by atoms with Crippen molar-refractivity contribution in [3.63, 3.8) is 0 Å². The van der Waals surface area contributed by atoms with E-state index in [2.05, 4.69) is 22.0 Å². The van der Waals surface area contributed by atoms with Crippen LogP contribution >= 0.6 is 0 Å². The van der Waals surface area contributed by atoms with Crippen molar-refractivity contribution in [2.24, 2.45) is 5.92 Å². The Morgan fingerprint density at radius 1 is 1.17 bits per heavy atom. The van der Waals surface area contributed by atoms with Gasteiger partial charge in [0.2, 0.25) is 5.76 Å². The van der Waals surface area contributed by atoms with E-state index in [9.17, 15) is 5.11 Å². The Kier molecular flexibility index (Phi) is 7.03. The van der Waals surface area contributed by atoms with E-state index in [1.54, 1.807) is 42.1 Å². The van der Waals surface area contributed by atoms with Gasteiger partial charge in [-0.15, -0.1) is 0 Å². The molecule has 0 aliphatic carbocycles. The van der Waals surface area contributed by atoms with Crippen LogP contribution in [0.3, 0.4) is 0 Å². The summed E-state index contributed by atoms with van der Waals surface area (Å²) in [5, 5.41) is 31.8. The molecule has 0 bridgehead atoms. The minimum atomic E-state index is -0.665. The van der Waals surface area contributed by atoms with Gasteiger partial charge in [0.25, 0.3) is 0 Å². The van der Waals surface area contributed by atoms with E-state index in [4.69, 9.17) is 19.5 Å². The Bertz CT molecular complexity index is 962. The maximum atomic E-state index is 9.71. The fourth-order valence-electron chi connectivity index (χ4n) is 2.59. The second kappa shape index (κ2) is 9.89. The highest BCUT2D eigenvalue weighted by atomic mass is 16.5. The quantitative estimate of drug-likeness (QED) is 0.492. The lowest BCUT2D eigenvalue weighted by atomic mass is 10.2. The van der Waals surface area contributed by atoms with Crippen LogP contribution in [0.1, 0.15) is 35.9 Å². The second-order valence-electron chi connectivity index (χ2n) is 6.59. The zero-order valence-corrected chi connectivity index (χ0v) is 16.0. The molecule has 1 aromatic carbocycles. The van der Waals surface area contributed by atoms with Crippen molar-refractivity contribution >= 4 is 0 Å². The summed E-state index contributed by atoms with van der Waals surface area (Å²) in [7, 11) is 0. The molecular formula is C21H23N3O5. The predicted octanol–water partition coefficient (Wildman–Crippen LogP) is 1.35. The maximum Gasteiger partial charge on any atom is 0.210 e. The van der Waals surface area contributed by atoms with Gasteiger partial charge < -0.3 is 29.1 Å². The number of aliphatic hydroxyl groups is 3. The Morgan fingerprint density at radius 3 is 2.62 bits per heavy atom. The van der Waals surface area contributed by atoms with Gasteiger partial charge in [-0.05, 0) is 37.1 Å². The van der Waals surface area contributed by atoms with Crippen molar-refractivity contribution in [2.45, 2.75) is 19.6 Å². The average molecular weight is 397 g/mol. The normalized spacial score (nSPS) is 11.9. The third kappa shape index (κ3) is 5.68. The largest absolute Gasteiger partial charge is 0.493 e. The summed E-state index contributed by atoms with van der Waals surface area (Å²) >= 11 is 0. The lowest BCUT2D eigenvalue weighted by Crippen LogP contribution is -2.19. The van der Waals surface area contributed by atoms with Gasteiger partial charge in [-0.1, -0.05) is 11.1 Å². The molecule has 0 aliphatic rings. The second-order valence-corrected chi connectivity index (χ2v) is 6.59. The van der Waals surface area contributed by atoms with E-state index in [1.165, 1.54) is 0 Å². The fourth-order valence-corrected chi connectivity index (χ4v) is 2.59. The number of hydrogen-bond donors (Lipinski definition) is 3. The highest BCUT2D eigenvalue weighted by molar-refractivity contribution is 5.41. The fraction of sp³-hybridized carbons (Fsp3) is 0.333. The molecule has 0 aliphatic heterocycles. The first-order chi connectivity index (χ1) is 14.1. The number of imidazole rings is 1. The van der Waals surface area contributed by atoms with E-state index >= 15 is 0 Å². The first-order valence-corrected chi connectivity index (χ1v) is 9.20. The monoisotopic (exact) mass is 397 g/mol. The molecule has 1 atom stereocenters. The van der Waals surface area contributed by atoms with Crippen molar-refractivity contribution in [1.82, 2.24) is 14.7 Å². The zero-order valence-electron chi connectivity index (χ0n) is 16.0. The van der Waals surface area contributed by atoms with Gasteiger partial charge in [0.05, 0.1) is 26.4 Å². The number of hydrogen-bond acceptors (Lipinski definition) is 7. The van der Waals surface area contributed by atoms with E-state index in [0.29, 0.717) is 29.6 Å². The molecule has 0 fully saturated rings. The Morgan fingerprint density at radius 2 is 1.93 bits per heavy atom. The summed E-state index contributed by atoms with van der Waals surface area (Å²) < 4.78 is 12.6. The summed E-state index contributed by atoms with van der Waals surface area (Å²) in [5.74, 6) is 7.27. The van der Waals surface area contributed by atoms with Crippen LogP contribution in [0.2, 0.25) is 0 Å². The summed E-state index contributed by atoms with van der Waals surface area (Å²) in [6.45, 7) is 2.08. The molecule has 0 radical (unpaired) electrons. The smallest absolute Gasteiger partial charge is 0.210 e. The number of ether oxygens (including phenoxy) is 1. The molecule has 0 saturated heterocycles. The molecular weight excluding hydrogens is 374 g/mol. The molecule has 2 aromatic heterocycles. The molecule has 8 heteroatoms. The third-order valence-corrected chi connectivity index (χ3v) is 4.20. The number of aromatic nitrogens is 3. The first-order valence-electron chi connectivity index (χ1n) is 9.20. The van der Waals surface area contributed by atoms with Crippen LogP contribution in [0.15, 0.2) is 47.2 Å². The van der Waals surface area contributed by atoms with Gasteiger partial charge in [0, 0.05) is 29.9 Å². The Hall–Kier alpha value is -3.12. The van der Waals surface area contributed by atoms with Crippen LogP contribution in [-0.4, -0.2) is 49.8 Å². The van der Waals surface area contributed by atoms with Gasteiger partial charge >= 0.3 is 0 Å². The highest BCUT2D eigenvalue weighted by Crippen LogP contribution is 2.14. The average Bonchev–Trinajstić information content (AvgIpc) is 3.38. The molecule has 3 aromatic rings.